The van der Waals surface area contributed by atoms with Crippen LogP contribution >= 0.6 is 0 Å². The van der Waals surface area contributed by atoms with E-state index in [1.54, 1.807) is 18.3 Å². The summed E-state index contributed by atoms with van der Waals surface area (Å²) in [5, 5.41) is 4.19. The Labute approximate surface area is 190 Å². The number of nitrogens with zero attached hydrogens (tertiary/aromatic N) is 4. The Bertz CT molecular complexity index is 1360. The minimum atomic E-state index is -1.44. The van der Waals surface area contributed by atoms with Gasteiger partial charge in [-0.15, -0.1) is 0 Å². The zero-order valence-electron chi connectivity index (χ0n) is 18.4. The highest BCUT2D eigenvalue weighted by atomic mass is 16.2. The molecule has 0 N–H and O–H groups in total. The number of aryl methyl sites for hydroxylation is 1. The van der Waals surface area contributed by atoms with Crippen LogP contribution in [-0.4, -0.2) is 41.3 Å². The zero-order valence-corrected chi connectivity index (χ0v) is 18.4. The summed E-state index contributed by atoms with van der Waals surface area (Å²) >= 11 is 0. The lowest BCUT2D eigenvalue weighted by Gasteiger charge is -2.34. The third-order valence-electron chi connectivity index (χ3n) is 6.18. The van der Waals surface area contributed by atoms with Gasteiger partial charge in [0.2, 0.25) is 0 Å². The molecule has 0 aliphatic carbocycles. The maximum atomic E-state index is 13.1. The van der Waals surface area contributed by atoms with Gasteiger partial charge >= 0.3 is 0 Å². The van der Waals surface area contributed by atoms with Crippen LogP contribution in [0.15, 0.2) is 60.9 Å². The fraction of sp³-hybridized carbons (Fsp3) is 0.240. The fourth-order valence-electron chi connectivity index (χ4n) is 4.57. The van der Waals surface area contributed by atoms with Crippen molar-refractivity contribution in [2.75, 3.05) is 0 Å². The SMILES string of the molecule is [B]C1([B])c2ncccc2C(=O)N1Cc1ccc(-c2cccc3nn(C)cc23)cc1C(C)C. The summed E-state index contributed by atoms with van der Waals surface area (Å²) in [6.45, 7) is 4.61. The lowest BCUT2D eigenvalue weighted by Crippen LogP contribution is -2.44. The number of hydrogen-bond donors (Lipinski definition) is 0. The molecular formula is C25H22B2N4O. The summed E-state index contributed by atoms with van der Waals surface area (Å²) in [6, 6.07) is 16.0. The molecule has 2 aromatic heterocycles. The average Bonchev–Trinajstić information content (AvgIpc) is 3.24. The van der Waals surface area contributed by atoms with Crippen molar-refractivity contribution in [3.63, 3.8) is 0 Å². The van der Waals surface area contributed by atoms with Gasteiger partial charge in [0.05, 0.1) is 32.5 Å². The highest BCUT2D eigenvalue weighted by molar-refractivity contribution is 6.42. The molecule has 0 fully saturated rings. The summed E-state index contributed by atoms with van der Waals surface area (Å²) in [4.78, 5) is 18.8. The fourth-order valence-corrected chi connectivity index (χ4v) is 4.57. The summed E-state index contributed by atoms with van der Waals surface area (Å²) in [7, 11) is 14.7. The molecule has 4 aromatic rings. The Morgan fingerprint density at radius 2 is 1.84 bits per heavy atom. The first kappa shape index (κ1) is 20.6. The minimum absolute atomic E-state index is 0.197. The van der Waals surface area contributed by atoms with Gasteiger partial charge in [-0.3, -0.25) is 14.5 Å². The molecule has 1 aliphatic heterocycles. The molecule has 0 saturated carbocycles. The zero-order chi connectivity index (χ0) is 22.6. The summed E-state index contributed by atoms with van der Waals surface area (Å²) in [6.07, 6.45) is 3.65. The maximum absolute atomic E-state index is 13.1. The van der Waals surface area contributed by atoms with Crippen molar-refractivity contribution < 1.29 is 4.79 Å². The maximum Gasteiger partial charge on any atom is 0.255 e. The van der Waals surface area contributed by atoms with E-state index >= 15 is 0 Å². The molecule has 32 heavy (non-hydrogen) atoms. The van der Waals surface area contributed by atoms with E-state index < -0.39 is 5.34 Å². The first-order valence-electron chi connectivity index (χ1n) is 10.7. The van der Waals surface area contributed by atoms with Gasteiger partial charge in [-0.05, 0) is 46.4 Å². The van der Waals surface area contributed by atoms with Gasteiger partial charge in [0, 0.05) is 36.7 Å². The van der Waals surface area contributed by atoms with Crippen molar-refractivity contribution in [2.45, 2.75) is 31.6 Å². The molecule has 1 aliphatic rings. The predicted octanol–water partition coefficient (Wildman–Crippen LogP) is 3.86. The largest absolute Gasteiger partial charge is 0.340 e. The molecular weight excluding hydrogens is 394 g/mol. The first-order chi connectivity index (χ1) is 15.3. The van der Waals surface area contributed by atoms with Crippen molar-refractivity contribution in [3.05, 3.63) is 83.3 Å². The monoisotopic (exact) mass is 416 g/mol. The first-order valence-corrected chi connectivity index (χ1v) is 10.7. The van der Waals surface area contributed by atoms with Crippen molar-refractivity contribution >= 4 is 32.5 Å². The standard InChI is InChI=1S/C25H22B2N4O/c1-15(2)20-12-16(18-6-4-8-22-21(18)14-30(3)29-22)9-10-17(20)13-31-24(32)19-7-5-11-28-23(19)25(31,26)27/h4-12,14-15H,13H2,1-3H3. The predicted molar refractivity (Wildman–Crippen MR) is 128 cm³/mol. The Balaban J connectivity index is 1.56. The molecule has 154 valence electrons. The molecule has 0 atom stereocenters. The normalized spacial score (nSPS) is 15.0. The van der Waals surface area contributed by atoms with Crippen LogP contribution in [-0.2, 0) is 18.9 Å². The number of amides is 1. The minimum Gasteiger partial charge on any atom is -0.340 e. The number of carbonyl (C=O) groups excluding carboxylic acids is 1. The van der Waals surface area contributed by atoms with E-state index in [2.05, 4.69) is 48.2 Å². The summed E-state index contributed by atoms with van der Waals surface area (Å²) < 4.78 is 1.83. The van der Waals surface area contributed by atoms with E-state index in [1.807, 2.05) is 30.1 Å². The number of aromatic nitrogens is 3. The van der Waals surface area contributed by atoms with E-state index in [0.717, 1.165) is 33.2 Å². The van der Waals surface area contributed by atoms with Gasteiger partial charge in [0.15, 0.2) is 0 Å². The van der Waals surface area contributed by atoms with Crippen LogP contribution in [0.3, 0.4) is 0 Å². The van der Waals surface area contributed by atoms with Crippen LogP contribution in [0.5, 0.6) is 0 Å². The average molecular weight is 416 g/mol. The molecule has 1 amide bonds. The van der Waals surface area contributed by atoms with Gasteiger partial charge in [-0.25, -0.2) is 0 Å². The molecule has 5 nitrogen and oxygen atoms in total. The van der Waals surface area contributed by atoms with Crippen LogP contribution in [0.4, 0.5) is 0 Å². The third-order valence-corrected chi connectivity index (χ3v) is 6.18. The van der Waals surface area contributed by atoms with Crippen LogP contribution in [0.25, 0.3) is 22.0 Å². The van der Waals surface area contributed by atoms with Gasteiger partial charge in [0.1, 0.15) is 0 Å². The summed E-state index contributed by atoms with van der Waals surface area (Å²) in [5.74, 6) is 0.0539. The molecule has 5 rings (SSSR count). The van der Waals surface area contributed by atoms with Crippen molar-refractivity contribution in [3.8, 4) is 11.1 Å². The Morgan fingerprint density at radius 1 is 1.06 bits per heavy atom. The molecule has 4 radical (unpaired) electrons. The number of carbonyl (C=O) groups is 1. The molecule has 2 aromatic carbocycles. The van der Waals surface area contributed by atoms with Gasteiger partial charge < -0.3 is 4.90 Å². The second-order valence-corrected chi connectivity index (χ2v) is 8.73. The van der Waals surface area contributed by atoms with Crippen LogP contribution in [0.2, 0.25) is 0 Å². The van der Waals surface area contributed by atoms with Gasteiger partial charge in [0.25, 0.3) is 5.91 Å². The number of fused-ring (bicyclic) bond motifs is 2. The van der Waals surface area contributed by atoms with Crippen LogP contribution in [0.1, 0.15) is 46.9 Å². The van der Waals surface area contributed by atoms with Crippen LogP contribution < -0.4 is 0 Å². The smallest absolute Gasteiger partial charge is 0.255 e. The van der Waals surface area contributed by atoms with E-state index in [1.165, 1.54) is 4.90 Å². The topological polar surface area (TPSA) is 51.0 Å². The van der Waals surface area contributed by atoms with Crippen LogP contribution in [0, 0.1) is 0 Å². The quantitative estimate of drug-likeness (QED) is 0.475. The molecule has 0 bridgehead atoms. The van der Waals surface area contributed by atoms with Crippen molar-refractivity contribution in [2.24, 2.45) is 7.05 Å². The highest BCUT2D eigenvalue weighted by Crippen LogP contribution is 2.37. The van der Waals surface area contributed by atoms with E-state index in [4.69, 9.17) is 15.7 Å². The number of pyridine rings is 1. The van der Waals surface area contributed by atoms with Crippen molar-refractivity contribution in [1.82, 2.24) is 19.7 Å². The van der Waals surface area contributed by atoms with E-state index in [-0.39, 0.29) is 11.8 Å². The Hall–Kier alpha value is -3.34. The molecule has 3 heterocycles. The van der Waals surface area contributed by atoms with Crippen molar-refractivity contribution in [1.29, 1.82) is 0 Å². The highest BCUT2D eigenvalue weighted by Gasteiger charge is 2.43. The lowest BCUT2D eigenvalue weighted by molar-refractivity contribution is 0.0730. The Morgan fingerprint density at radius 3 is 2.59 bits per heavy atom. The van der Waals surface area contributed by atoms with E-state index in [9.17, 15) is 4.79 Å². The second-order valence-electron chi connectivity index (χ2n) is 8.73. The second kappa shape index (κ2) is 7.37. The molecule has 0 saturated heterocycles. The van der Waals surface area contributed by atoms with E-state index in [0.29, 0.717) is 17.8 Å². The number of hydrogen-bond acceptors (Lipinski definition) is 3. The van der Waals surface area contributed by atoms with Gasteiger partial charge in [-0.1, -0.05) is 44.2 Å². The lowest BCUT2D eigenvalue weighted by atomic mass is 9.59. The van der Waals surface area contributed by atoms with Gasteiger partial charge in [-0.2, -0.15) is 5.10 Å². The number of benzene rings is 2. The number of rotatable bonds is 4. The molecule has 0 spiro atoms. The Kier molecular flexibility index (Phi) is 4.73. The molecule has 7 heteroatoms. The third kappa shape index (κ3) is 3.15. The summed E-state index contributed by atoms with van der Waals surface area (Å²) in [5.41, 5.74) is 6.24. The molecule has 0 unspecified atom stereocenters.